The van der Waals surface area contributed by atoms with Gasteiger partial charge in [0.05, 0.1) is 6.61 Å². The average molecular weight is 535 g/mol. The number of imidazole rings is 1. The number of carboxylic acids is 1. The highest BCUT2D eigenvalue weighted by atomic mass is 16.5. The Balaban J connectivity index is 1.69. The molecule has 3 aromatic heterocycles. The van der Waals surface area contributed by atoms with Crippen LogP contribution in [0.5, 0.6) is 5.88 Å². The van der Waals surface area contributed by atoms with Crippen LogP contribution in [0.1, 0.15) is 102 Å². The Morgan fingerprint density at radius 3 is 2.44 bits per heavy atom. The lowest BCUT2D eigenvalue weighted by Gasteiger charge is -2.32. The molecule has 39 heavy (non-hydrogen) atoms. The minimum absolute atomic E-state index is 0.174. The van der Waals surface area contributed by atoms with E-state index < -0.39 is 5.97 Å². The minimum Gasteiger partial charge on any atom is -0.478 e. The van der Waals surface area contributed by atoms with Crippen molar-refractivity contribution in [1.29, 1.82) is 0 Å². The molecule has 1 atom stereocenters. The Morgan fingerprint density at radius 2 is 1.82 bits per heavy atom. The molecule has 2 aliphatic rings. The van der Waals surface area contributed by atoms with E-state index in [4.69, 9.17) is 14.7 Å². The van der Waals surface area contributed by atoms with Gasteiger partial charge in [0.15, 0.2) is 17.3 Å². The first kappa shape index (κ1) is 27.3. The summed E-state index contributed by atoms with van der Waals surface area (Å²) in [6.45, 7) is 12.0. The third-order valence-corrected chi connectivity index (χ3v) is 8.60. The van der Waals surface area contributed by atoms with Crippen LogP contribution in [0.3, 0.4) is 0 Å². The Morgan fingerprint density at radius 1 is 1.08 bits per heavy atom. The fourth-order valence-corrected chi connectivity index (χ4v) is 5.84. The largest absolute Gasteiger partial charge is 0.478 e. The molecule has 3 aromatic rings. The van der Waals surface area contributed by atoms with Gasteiger partial charge in [-0.1, -0.05) is 40.0 Å². The van der Waals surface area contributed by atoms with Gasteiger partial charge in [-0.25, -0.2) is 24.7 Å². The van der Waals surface area contributed by atoms with Crippen molar-refractivity contribution in [2.75, 3.05) is 11.9 Å². The molecule has 0 amide bonds. The van der Waals surface area contributed by atoms with Crippen LogP contribution in [-0.2, 0) is 6.54 Å². The second kappa shape index (κ2) is 11.5. The molecule has 2 saturated carbocycles. The van der Waals surface area contributed by atoms with Crippen molar-refractivity contribution in [3.8, 4) is 17.4 Å². The summed E-state index contributed by atoms with van der Waals surface area (Å²) in [7, 11) is 0. The van der Waals surface area contributed by atoms with Gasteiger partial charge in [0.2, 0.25) is 11.7 Å². The number of hydrogen-bond donors (Lipinski definition) is 2. The van der Waals surface area contributed by atoms with Gasteiger partial charge >= 0.3 is 5.97 Å². The summed E-state index contributed by atoms with van der Waals surface area (Å²) in [5, 5.41) is 13.4. The number of hydrogen-bond acceptors (Lipinski definition) is 7. The quantitative estimate of drug-likeness (QED) is 0.301. The first-order valence-electron chi connectivity index (χ1n) is 14.7. The highest BCUT2D eigenvalue weighted by Crippen LogP contribution is 2.36. The first-order chi connectivity index (χ1) is 18.7. The van der Waals surface area contributed by atoms with Crippen LogP contribution in [0.2, 0.25) is 0 Å². The van der Waals surface area contributed by atoms with Gasteiger partial charge in [-0.2, -0.15) is 0 Å². The summed E-state index contributed by atoms with van der Waals surface area (Å²) < 4.78 is 8.03. The molecule has 0 aromatic carbocycles. The van der Waals surface area contributed by atoms with Crippen LogP contribution in [0, 0.1) is 17.8 Å². The van der Waals surface area contributed by atoms with Crippen LogP contribution in [0.25, 0.3) is 22.7 Å². The summed E-state index contributed by atoms with van der Waals surface area (Å²) in [4.78, 5) is 30.7. The molecule has 0 radical (unpaired) electrons. The molecule has 0 bridgehead atoms. The van der Waals surface area contributed by atoms with Gasteiger partial charge in [-0.3, -0.25) is 0 Å². The molecule has 2 N–H and O–H groups in total. The second-order valence-corrected chi connectivity index (χ2v) is 11.9. The number of nitrogens with one attached hydrogen (secondary N) is 1. The molecule has 0 spiro atoms. The van der Waals surface area contributed by atoms with E-state index in [0.29, 0.717) is 47.3 Å². The number of ether oxygens (including phenoxy) is 1. The summed E-state index contributed by atoms with van der Waals surface area (Å²) in [6, 6.07) is 4.24. The summed E-state index contributed by atoms with van der Waals surface area (Å²) >= 11 is 0. The molecule has 0 aliphatic heterocycles. The minimum atomic E-state index is -1.16. The highest BCUT2D eigenvalue weighted by Gasteiger charge is 2.29. The van der Waals surface area contributed by atoms with E-state index in [1.165, 1.54) is 32.1 Å². The number of carboxylic acid groups (broad SMARTS) is 1. The maximum absolute atomic E-state index is 12.0. The van der Waals surface area contributed by atoms with Crippen LogP contribution in [-0.4, -0.2) is 48.2 Å². The van der Waals surface area contributed by atoms with Crippen LogP contribution in [0.15, 0.2) is 12.1 Å². The standard InChI is InChI=1S/C30H42N6O3/c1-6-39-24-15-22(17(2)3)14-23(32-24)29-35-27-25(36(29)16-20-12-10-18(4)11-13-20)26(33-28(34-27)30(37)38)31-19(5)21-8-7-9-21/h14-15,17-21H,6-13,16H2,1-5H3,(H,37,38)(H,31,33,34). The second-order valence-electron chi connectivity index (χ2n) is 11.9. The van der Waals surface area contributed by atoms with Crippen molar-refractivity contribution in [3.63, 3.8) is 0 Å². The molecule has 1 unspecified atom stereocenters. The molecule has 2 fully saturated rings. The summed E-state index contributed by atoms with van der Waals surface area (Å²) in [6.07, 6.45) is 8.31. The van der Waals surface area contributed by atoms with Gasteiger partial charge in [0, 0.05) is 18.7 Å². The first-order valence-corrected chi connectivity index (χ1v) is 14.7. The van der Waals surface area contributed by atoms with E-state index in [-0.39, 0.29) is 17.8 Å². The summed E-state index contributed by atoms with van der Waals surface area (Å²) in [5.41, 5.74) is 2.97. The van der Waals surface area contributed by atoms with Crippen LogP contribution < -0.4 is 10.1 Å². The Bertz CT molecular complexity index is 1320. The number of aromatic carboxylic acids is 1. The topological polar surface area (TPSA) is 115 Å². The highest BCUT2D eigenvalue weighted by molar-refractivity contribution is 5.92. The predicted molar refractivity (Wildman–Crippen MR) is 152 cm³/mol. The number of carbonyl (C=O) groups is 1. The Kier molecular flexibility index (Phi) is 8.05. The number of pyridine rings is 1. The van der Waals surface area contributed by atoms with Crippen LogP contribution >= 0.6 is 0 Å². The molecule has 210 valence electrons. The van der Waals surface area contributed by atoms with Crippen LogP contribution in [0.4, 0.5) is 5.82 Å². The lowest BCUT2D eigenvalue weighted by Crippen LogP contribution is -2.31. The molecular formula is C30H42N6O3. The van der Waals surface area contributed by atoms with Crippen molar-refractivity contribution >= 4 is 23.0 Å². The van der Waals surface area contributed by atoms with E-state index in [9.17, 15) is 9.90 Å². The number of fused-ring (bicyclic) bond motifs is 1. The van der Waals surface area contributed by atoms with Crippen molar-refractivity contribution in [2.45, 2.75) is 98.1 Å². The van der Waals surface area contributed by atoms with E-state index in [2.05, 4.69) is 53.6 Å². The van der Waals surface area contributed by atoms with Gasteiger partial charge in [0.1, 0.15) is 11.2 Å². The fourth-order valence-electron chi connectivity index (χ4n) is 5.84. The third kappa shape index (κ3) is 5.87. The molecule has 5 rings (SSSR count). The molecule has 3 heterocycles. The molecule has 9 nitrogen and oxygen atoms in total. The molecule has 9 heteroatoms. The van der Waals surface area contributed by atoms with Crippen molar-refractivity contribution < 1.29 is 14.6 Å². The van der Waals surface area contributed by atoms with Gasteiger partial charge < -0.3 is 19.7 Å². The maximum atomic E-state index is 12.0. The molecular weight excluding hydrogens is 492 g/mol. The van der Waals surface area contributed by atoms with E-state index in [1.807, 2.05) is 13.0 Å². The normalized spacial score (nSPS) is 20.7. The van der Waals surface area contributed by atoms with E-state index >= 15 is 0 Å². The van der Waals surface area contributed by atoms with Gasteiger partial charge in [-0.05, 0) is 74.8 Å². The maximum Gasteiger partial charge on any atom is 0.374 e. The lowest BCUT2D eigenvalue weighted by molar-refractivity contribution is 0.0684. The monoisotopic (exact) mass is 534 g/mol. The Labute approximate surface area is 230 Å². The van der Waals surface area contributed by atoms with Crippen molar-refractivity contribution in [1.82, 2.24) is 24.5 Å². The smallest absolute Gasteiger partial charge is 0.374 e. The number of nitrogens with zero attached hydrogens (tertiary/aromatic N) is 5. The summed E-state index contributed by atoms with van der Waals surface area (Å²) in [5.74, 6) is 2.47. The number of aromatic nitrogens is 5. The zero-order valence-corrected chi connectivity index (χ0v) is 23.9. The zero-order valence-electron chi connectivity index (χ0n) is 23.9. The van der Waals surface area contributed by atoms with E-state index in [0.717, 1.165) is 36.4 Å². The van der Waals surface area contributed by atoms with Gasteiger partial charge in [-0.15, -0.1) is 0 Å². The average Bonchev–Trinajstić information content (AvgIpc) is 3.22. The van der Waals surface area contributed by atoms with Crippen molar-refractivity contribution in [2.24, 2.45) is 17.8 Å². The van der Waals surface area contributed by atoms with E-state index in [1.54, 1.807) is 0 Å². The molecule has 0 saturated heterocycles. The molecule has 2 aliphatic carbocycles. The fraction of sp³-hybridized carbons (Fsp3) is 0.633. The van der Waals surface area contributed by atoms with Gasteiger partial charge in [0.25, 0.3) is 0 Å². The third-order valence-electron chi connectivity index (χ3n) is 8.60. The number of rotatable bonds is 10. The Hall–Kier alpha value is -3.23. The number of anilines is 1. The SMILES string of the molecule is CCOc1cc(C(C)C)cc(-c2nc3nc(C(=O)O)nc(NC(C)C4CCC4)c3n2CC2CCC(C)CC2)n1. The van der Waals surface area contributed by atoms with Crippen molar-refractivity contribution in [3.05, 3.63) is 23.5 Å². The zero-order chi connectivity index (χ0) is 27.7. The lowest BCUT2D eigenvalue weighted by atomic mass is 9.80. The predicted octanol–water partition coefficient (Wildman–Crippen LogP) is 6.54.